The Morgan fingerprint density at radius 3 is 2.26 bits per heavy atom. The number of carbonyl (C=O) groups is 1. The van der Waals surface area contributed by atoms with Gasteiger partial charge in [0.15, 0.2) is 0 Å². The quantitative estimate of drug-likeness (QED) is 0.670. The summed E-state index contributed by atoms with van der Waals surface area (Å²) in [5, 5.41) is 6.23. The van der Waals surface area contributed by atoms with Crippen LogP contribution in [0.4, 0.5) is 4.79 Å². The van der Waals surface area contributed by atoms with E-state index in [0.717, 1.165) is 18.7 Å². The van der Waals surface area contributed by atoms with Crippen LogP contribution in [0.25, 0.3) is 0 Å². The smallest absolute Gasteiger partial charge is 0.407 e. The van der Waals surface area contributed by atoms with Crippen molar-refractivity contribution in [2.24, 2.45) is 0 Å². The molecular weight excluding hydrogens is 308 g/mol. The van der Waals surface area contributed by atoms with Crippen molar-refractivity contribution in [3.63, 3.8) is 0 Å². The van der Waals surface area contributed by atoms with E-state index in [-0.39, 0.29) is 6.09 Å². The maximum Gasteiger partial charge on any atom is 0.407 e. The molecular formula is C18H30N2O2S. The van der Waals surface area contributed by atoms with E-state index in [1.54, 1.807) is 0 Å². The number of hydrogen-bond acceptors (Lipinski definition) is 4. The van der Waals surface area contributed by atoms with Crippen molar-refractivity contribution in [3.05, 3.63) is 35.4 Å². The van der Waals surface area contributed by atoms with Crippen LogP contribution in [-0.2, 0) is 17.8 Å². The average Bonchev–Trinajstić information content (AvgIpc) is 2.48. The van der Waals surface area contributed by atoms with Crippen molar-refractivity contribution in [2.45, 2.75) is 52.3 Å². The highest BCUT2D eigenvalue weighted by Gasteiger charge is 2.15. The number of carbonyl (C=O) groups excluding carboxylic acids is 1. The Bertz CT molecular complexity index is 455. The minimum Gasteiger partial charge on any atom is -0.444 e. The van der Waals surface area contributed by atoms with Gasteiger partial charge >= 0.3 is 6.09 Å². The first kappa shape index (κ1) is 19.8. The second kappa shape index (κ2) is 10.6. The summed E-state index contributed by atoms with van der Waals surface area (Å²) < 4.78 is 5.22. The molecule has 0 unspecified atom stereocenters. The minimum atomic E-state index is -0.463. The molecule has 0 atom stereocenters. The lowest BCUT2D eigenvalue weighted by atomic mass is 10.1. The third-order valence-electron chi connectivity index (χ3n) is 3.14. The van der Waals surface area contributed by atoms with Gasteiger partial charge in [-0.2, -0.15) is 11.8 Å². The van der Waals surface area contributed by atoms with Crippen LogP contribution in [-0.4, -0.2) is 30.2 Å². The number of unbranched alkanes of at least 4 members (excludes halogenated alkanes) is 1. The fraction of sp³-hybridized carbons (Fsp3) is 0.611. The normalized spacial score (nSPS) is 11.3. The average molecular weight is 339 g/mol. The van der Waals surface area contributed by atoms with E-state index in [1.165, 1.54) is 24.2 Å². The second-order valence-electron chi connectivity index (χ2n) is 6.55. The summed E-state index contributed by atoms with van der Waals surface area (Å²) in [6, 6.07) is 8.28. The molecule has 0 aliphatic heterocycles. The van der Waals surface area contributed by atoms with Crippen molar-refractivity contribution >= 4 is 17.9 Å². The molecule has 0 saturated heterocycles. The molecule has 0 aliphatic carbocycles. The molecule has 0 radical (unpaired) electrons. The SMILES string of the molecule is CSCCCCNCc1ccc(CNC(=O)OC(C)(C)C)cc1. The molecule has 0 heterocycles. The first-order valence-electron chi connectivity index (χ1n) is 8.15. The first-order valence-corrected chi connectivity index (χ1v) is 9.54. The van der Waals surface area contributed by atoms with E-state index < -0.39 is 5.60 Å². The molecule has 23 heavy (non-hydrogen) atoms. The molecule has 1 amide bonds. The Morgan fingerprint density at radius 2 is 1.70 bits per heavy atom. The third-order valence-corrected chi connectivity index (χ3v) is 3.84. The molecule has 0 spiro atoms. The Morgan fingerprint density at radius 1 is 1.09 bits per heavy atom. The fourth-order valence-electron chi connectivity index (χ4n) is 1.99. The summed E-state index contributed by atoms with van der Waals surface area (Å²) in [7, 11) is 0. The summed E-state index contributed by atoms with van der Waals surface area (Å²) in [6.45, 7) is 8.00. The summed E-state index contributed by atoms with van der Waals surface area (Å²) in [5.74, 6) is 1.24. The molecule has 5 heteroatoms. The largest absolute Gasteiger partial charge is 0.444 e. The van der Waals surface area contributed by atoms with Crippen molar-refractivity contribution in [1.82, 2.24) is 10.6 Å². The number of amides is 1. The predicted octanol–water partition coefficient (Wildman–Crippen LogP) is 3.94. The maximum absolute atomic E-state index is 11.6. The number of alkyl carbamates (subject to hydrolysis) is 1. The standard InChI is InChI=1S/C18H30N2O2S/c1-18(2,3)22-17(21)20-14-16-9-7-15(8-10-16)13-19-11-5-6-12-23-4/h7-10,19H,5-6,11-14H2,1-4H3,(H,20,21). The van der Waals surface area contributed by atoms with E-state index in [1.807, 2.05) is 44.7 Å². The third kappa shape index (κ3) is 10.2. The van der Waals surface area contributed by atoms with Gasteiger partial charge in [-0.15, -0.1) is 0 Å². The van der Waals surface area contributed by atoms with Crippen LogP contribution in [0.5, 0.6) is 0 Å². The van der Waals surface area contributed by atoms with Crippen LogP contribution in [0.2, 0.25) is 0 Å². The van der Waals surface area contributed by atoms with Crippen molar-refractivity contribution in [2.75, 3.05) is 18.6 Å². The highest BCUT2D eigenvalue weighted by atomic mass is 32.2. The zero-order chi connectivity index (χ0) is 17.1. The lowest BCUT2D eigenvalue weighted by Gasteiger charge is -2.19. The number of ether oxygens (including phenoxy) is 1. The van der Waals surface area contributed by atoms with Gasteiger partial charge in [-0.3, -0.25) is 0 Å². The highest BCUT2D eigenvalue weighted by molar-refractivity contribution is 7.98. The van der Waals surface area contributed by atoms with Crippen molar-refractivity contribution < 1.29 is 9.53 Å². The number of benzene rings is 1. The summed E-state index contributed by atoms with van der Waals surface area (Å²) in [6.07, 6.45) is 4.25. The minimum absolute atomic E-state index is 0.381. The summed E-state index contributed by atoms with van der Waals surface area (Å²) in [5.41, 5.74) is 1.87. The van der Waals surface area contributed by atoms with Crippen LogP contribution >= 0.6 is 11.8 Å². The first-order chi connectivity index (χ1) is 10.9. The molecule has 2 N–H and O–H groups in total. The molecule has 4 nitrogen and oxygen atoms in total. The van der Waals surface area contributed by atoms with Gasteiger partial charge in [0.05, 0.1) is 0 Å². The zero-order valence-electron chi connectivity index (χ0n) is 14.8. The van der Waals surface area contributed by atoms with Gasteiger partial charge in [0.25, 0.3) is 0 Å². The monoisotopic (exact) mass is 338 g/mol. The van der Waals surface area contributed by atoms with E-state index in [4.69, 9.17) is 4.74 Å². The summed E-state index contributed by atoms with van der Waals surface area (Å²) >= 11 is 1.90. The van der Waals surface area contributed by atoms with Crippen LogP contribution in [0.1, 0.15) is 44.7 Å². The number of rotatable bonds is 9. The topological polar surface area (TPSA) is 50.4 Å². The summed E-state index contributed by atoms with van der Waals surface area (Å²) in [4.78, 5) is 11.6. The molecule has 130 valence electrons. The second-order valence-corrected chi connectivity index (χ2v) is 7.53. The van der Waals surface area contributed by atoms with Gasteiger partial charge in [0.2, 0.25) is 0 Å². The van der Waals surface area contributed by atoms with Crippen LogP contribution in [0.3, 0.4) is 0 Å². The van der Waals surface area contributed by atoms with Gasteiger partial charge in [-0.1, -0.05) is 24.3 Å². The van der Waals surface area contributed by atoms with Crippen LogP contribution < -0.4 is 10.6 Å². The Hall–Kier alpha value is -1.20. The Kier molecular flexibility index (Phi) is 9.10. The van der Waals surface area contributed by atoms with Crippen LogP contribution in [0, 0.1) is 0 Å². The molecule has 0 saturated carbocycles. The lowest BCUT2D eigenvalue weighted by molar-refractivity contribution is 0.0523. The molecule has 0 bridgehead atoms. The number of thioether (sulfide) groups is 1. The Balaban J connectivity index is 2.24. The van der Waals surface area contributed by atoms with Gasteiger partial charge < -0.3 is 15.4 Å². The van der Waals surface area contributed by atoms with Gasteiger partial charge in [0, 0.05) is 13.1 Å². The van der Waals surface area contributed by atoms with Crippen LogP contribution in [0.15, 0.2) is 24.3 Å². The molecule has 0 aromatic heterocycles. The highest BCUT2D eigenvalue weighted by Crippen LogP contribution is 2.08. The lowest BCUT2D eigenvalue weighted by Crippen LogP contribution is -2.32. The fourth-order valence-corrected chi connectivity index (χ4v) is 2.49. The molecule has 1 aromatic rings. The van der Waals surface area contributed by atoms with Crippen molar-refractivity contribution in [3.8, 4) is 0 Å². The van der Waals surface area contributed by atoms with E-state index in [0.29, 0.717) is 6.54 Å². The number of hydrogen-bond donors (Lipinski definition) is 2. The zero-order valence-corrected chi connectivity index (χ0v) is 15.6. The molecule has 1 aromatic carbocycles. The molecule has 0 fully saturated rings. The Labute approximate surface area is 144 Å². The number of nitrogens with one attached hydrogen (secondary N) is 2. The molecule has 0 aliphatic rings. The maximum atomic E-state index is 11.6. The van der Waals surface area contributed by atoms with Gasteiger partial charge in [0.1, 0.15) is 5.60 Å². The van der Waals surface area contributed by atoms with E-state index in [2.05, 4.69) is 29.0 Å². The molecule has 1 rings (SSSR count). The van der Waals surface area contributed by atoms with Gasteiger partial charge in [-0.05, 0) is 63.3 Å². The van der Waals surface area contributed by atoms with Gasteiger partial charge in [-0.25, -0.2) is 4.79 Å². The van der Waals surface area contributed by atoms with E-state index in [9.17, 15) is 4.79 Å². The van der Waals surface area contributed by atoms with E-state index >= 15 is 0 Å². The van der Waals surface area contributed by atoms with Crippen molar-refractivity contribution in [1.29, 1.82) is 0 Å². The predicted molar refractivity (Wildman–Crippen MR) is 98.8 cm³/mol.